The van der Waals surface area contributed by atoms with E-state index >= 15 is 0 Å². The normalized spacial score (nSPS) is 13.4. The molecule has 0 radical (unpaired) electrons. The van der Waals surface area contributed by atoms with Crippen molar-refractivity contribution in [1.29, 1.82) is 5.26 Å². The Morgan fingerprint density at radius 3 is 2.50 bits per heavy atom. The Bertz CT molecular complexity index is 343. The van der Waals surface area contributed by atoms with Crippen molar-refractivity contribution in [2.45, 2.75) is 12.2 Å². The molecule has 0 rings (SSSR count). The lowest BCUT2D eigenvalue weighted by atomic mass is 10.5. The summed E-state index contributed by atoms with van der Waals surface area (Å²) in [6.45, 7) is 0.869. The van der Waals surface area contributed by atoms with E-state index in [1.165, 1.54) is 14.0 Å². The van der Waals surface area contributed by atoms with Crippen molar-refractivity contribution in [2.24, 2.45) is 0 Å². The molecule has 6 nitrogen and oxygen atoms in total. The zero-order chi connectivity index (χ0) is 11.4. The van der Waals surface area contributed by atoms with E-state index in [1.807, 2.05) is 0 Å². The molecule has 80 valence electrons. The van der Waals surface area contributed by atoms with Gasteiger partial charge < -0.3 is 4.74 Å². The van der Waals surface area contributed by atoms with Crippen molar-refractivity contribution < 1.29 is 17.9 Å². The molecule has 0 aromatic heterocycles. The number of nitriles is 1. The van der Waals surface area contributed by atoms with Crippen LogP contribution in [0.1, 0.15) is 6.92 Å². The Labute approximate surface area is 83.1 Å². The number of hydrogen-bond donors (Lipinski definition) is 0. The van der Waals surface area contributed by atoms with Gasteiger partial charge in [0.2, 0.25) is 10.0 Å². The monoisotopic (exact) mass is 220 g/mol. The number of sulfonamides is 1. The lowest BCUT2D eigenvalue weighted by molar-refractivity contribution is -0.140. The molecule has 0 heterocycles. The van der Waals surface area contributed by atoms with Gasteiger partial charge in [-0.3, -0.25) is 4.79 Å². The van der Waals surface area contributed by atoms with E-state index in [1.54, 1.807) is 6.07 Å². The minimum absolute atomic E-state index is 0.384. The van der Waals surface area contributed by atoms with Crippen molar-refractivity contribution in [3.05, 3.63) is 0 Å². The molecule has 1 atom stereocenters. The molecule has 0 aliphatic carbocycles. The van der Waals surface area contributed by atoms with Gasteiger partial charge in [-0.15, -0.1) is 0 Å². The van der Waals surface area contributed by atoms with Crippen LogP contribution < -0.4 is 0 Å². The van der Waals surface area contributed by atoms with Gasteiger partial charge in [0, 0.05) is 7.05 Å². The van der Waals surface area contributed by atoms with E-state index in [9.17, 15) is 13.2 Å². The summed E-state index contributed by atoms with van der Waals surface area (Å²) >= 11 is 0. The van der Waals surface area contributed by atoms with Gasteiger partial charge in [-0.25, -0.2) is 8.42 Å². The fourth-order valence-corrected chi connectivity index (χ4v) is 1.63. The van der Waals surface area contributed by atoms with Crippen LogP contribution in [-0.4, -0.2) is 44.6 Å². The topological polar surface area (TPSA) is 87.5 Å². The molecule has 14 heavy (non-hydrogen) atoms. The van der Waals surface area contributed by atoms with Crippen LogP contribution in [-0.2, 0) is 19.6 Å². The van der Waals surface area contributed by atoms with Gasteiger partial charge in [0.25, 0.3) is 0 Å². The van der Waals surface area contributed by atoms with E-state index in [0.29, 0.717) is 0 Å². The van der Waals surface area contributed by atoms with Gasteiger partial charge in [-0.05, 0) is 6.92 Å². The third kappa shape index (κ3) is 2.97. The number of rotatable bonds is 4. The largest absolute Gasteiger partial charge is 0.468 e. The molecule has 0 aliphatic rings. The molecule has 0 aromatic rings. The smallest absolute Gasteiger partial charge is 0.320 e. The molecule has 0 fully saturated rings. The molecular weight excluding hydrogens is 208 g/mol. The molecule has 1 unspecified atom stereocenters. The van der Waals surface area contributed by atoms with Gasteiger partial charge in [-0.2, -0.15) is 9.57 Å². The lowest BCUT2D eigenvalue weighted by Gasteiger charge is -2.16. The molecule has 0 aromatic carbocycles. The Morgan fingerprint density at radius 2 is 2.14 bits per heavy atom. The molecule has 0 saturated heterocycles. The fourth-order valence-electron chi connectivity index (χ4n) is 0.673. The summed E-state index contributed by atoms with van der Waals surface area (Å²) < 4.78 is 27.9. The van der Waals surface area contributed by atoms with Crippen molar-refractivity contribution >= 4 is 16.0 Å². The van der Waals surface area contributed by atoms with Crippen LogP contribution >= 0.6 is 0 Å². The Kier molecular flexibility index (Phi) is 4.53. The number of hydrogen-bond acceptors (Lipinski definition) is 5. The highest BCUT2D eigenvalue weighted by atomic mass is 32.2. The lowest BCUT2D eigenvalue weighted by Crippen LogP contribution is -2.37. The quantitative estimate of drug-likeness (QED) is 0.586. The maximum atomic E-state index is 11.4. The van der Waals surface area contributed by atoms with Gasteiger partial charge in [-0.1, -0.05) is 0 Å². The zero-order valence-electron chi connectivity index (χ0n) is 8.22. The number of carbonyl (C=O) groups excluding carboxylic acids is 1. The van der Waals surface area contributed by atoms with Crippen LogP contribution in [0.15, 0.2) is 0 Å². The number of nitrogens with zero attached hydrogens (tertiary/aromatic N) is 2. The third-order valence-electron chi connectivity index (χ3n) is 1.64. The zero-order valence-corrected chi connectivity index (χ0v) is 9.04. The van der Waals surface area contributed by atoms with Crippen LogP contribution in [0.25, 0.3) is 0 Å². The van der Waals surface area contributed by atoms with Gasteiger partial charge in [0.05, 0.1) is 13.2 Å². The first-order chi connectivity index (χ1) is 6.36. The van der Waals surface area contributed by atoms with Crippen molar-refractivity contribution in [2.75, 3.05) is 20.7 Å². The molecular formula is C7H12N2O4S. The first kappa shape index (κ1) is 12.9. The second-order valence-corrected chi connectivity index (χ2v) is 5.01. The summed E-state index contributed by atoms with van der Waals surface area (Å²) in [4.78, 5) is 10.8. The van der Waals surface area contributed by atoms with Gasteiger partial charge >= 0.3 is 5.97 Å². The summed E-state index contributed by atoms with van der Waals surface area (Å²) in [7, 11) is -1.34. The minimum atomic E-state index is -3.72. The summed E-state index contributed by atoms with van der Waals surface area (Å²) in [6, 6.07) is 1.60. The number of ether oxygens (including phenoxy) is 1. The predicted octanol–water partition coefficient (Wildman–Crippen LogP) is -0.667. The Morgan fingerprint density at radius 1 is 1.64 bits per heavy atom. The molecule has 0 spiro atoms. The highest BCUT2D eigenvalue weighted by Crippen LogP contribution is 2.05. The second kappa shape index (κ2) is 4.93. The second-order valence-electron chi connectivity index (χ2n) is 2.65. The average molecular weight is 220 g/mol. The number of methoxy groups -OCH3 is 1. The Balaban J connectivity index is 4.62. The van der Waals surface area contributed by atoms with E-state index in [4.69, 9.17) is 5.26 Å². The first-order valence-electron chi connectivity index (χ1n) is 3.77. The number of esters is 1. The van der Waals surface area contributed by atoms with E-state index in [-0.39, 0.29) is 6.54 Å². The molecule has 0 N–H and O–H groups in total. The maximum absolute atomic E-state index is 11.4. The van der Waals surface area contributed by atoms with Crippen LogP contribution in [0.4, 0.5) is 0 Å². The standard InChI is InChI=1S/C7H12N2O4S/c1-6(4-8)14(11,12)9(2)5-7(10)13-3/h6H,5H2,1-3H3. The van der Waals surface area contributed by atoms with Crippen molar-refractivity contribution in [3.8, 4) is 6.07 Å². The molecule has 0 amide bonds. The third-order valence-corrected chi connectivity index (χ3v) is 3.64. The average Bonchev–Trinajstić information content (AvgIpc) is 2.15. The summed E-state index contributed by atoms with van der Waals surface area (Å²) in [5.74, 6) is -0.666. The molecule has 0 saturated carbocycles. The molecule has 7 heteroatoms. The highest BCUT2D eigenvalue weighted by molar-refractivity contribution is 7.89. The molecule has 0 aliphatic heterocycles. The van der Waals surface area contributed by atoms with Crippen LogP contribution in [0, 0.1) is 11.3 Å². The summed E-state index contributed by atoms with van der Waals surface area (Å²) in [6.07, 6.45) is 0. The van der Waals surface area contributed by atoms with E-state index in [0.717, 1.165) is 11.4 Å². The number of carbonyl (C=O) groups is 1. The van der Waals surface area contributed by atoms with Crippen molar-refractivity contribution in [3.63, 3.8) is 0 Å². The predicted molar refractivity (Wildman–Crippen MR) is 48.6 cm³/mol. The number of likely N-dealkylation sites (N-methyl/N-ethyl adjacent to an activating group) is 1. The summed E-state index contributed by atoms with van der Waals surface area (Å²) in [5, 5.41) is 7.27. The fraction of sp³-hybridized carbons (Fsp3) is 0.714. The molecule has 0 bridgehead atoms. The minimum Gasteiger partial charge on any atom is -0.468 e. The van der Waals surface area contributed by atoms with Gasteiger partial charge in [0.1, 0.15) is 6.54 Å². The van der Waals surface area contributed by atoms with Gasteiger partial charge in [0.15, 0.2) is 5.25 Å². The van der Waals surface area contributed by atoms with Crippen LogP contribution in [0.2, 0.25) is 0 Å². The Hall–Kier alpha value is -1.13. The van der Waals surface area contributed by atoms with Crippen molar-refractivity contribution in [1.82, 2.24) is 4.31 Å². The van der Waals surface area contributed by atoms with Crippen LogP contribution in [0.3, 0.4) is 0 Å². The highest BCUT2D eigenvalue weighted by Gasteiger charge is 2.27. The first-order valence-corrected chi connectivity index (χ1v) is 5.28. The maximum Gasteiger partial charge on any atom is 0.320 e. The van der Waals surface area contributed by atoms with Crippen LogP contribution in [0.5, 0.6) is 0 Å². The van der Waals surface area contributed by atoms with E-state index < -0.39 is 21.2 Å². The summed E-state index contributed by atoms with van der Waals surface area (Å²) in [5.41, 5.74) is 0. The van der Waals surface area contributed by atoms with E-state index in [2.05, 4.69) is 4.74 Å². The SMILES string of the molecule is COC(=O)CN(C)S(=O)(=O)C(C)C#N.